The van der Waals surface area contributed by atoms with E-state index in [0.717, 1.165) is 37.8 Å². The molecule has 0 saturated carbocycles. The lowest BCUT2D eigenvalue weighted by Crippen LogP contribution is -2.46. The number of aromatic amines is 1. The molecule has 0 amide bonds. The number of aromatic nitrogens is 2. The summed E-state index contributed by atoms with van der Waals surface area (Å²) in [4.78, 5) is 12.3. The number of nitrogens with one attached hydrogen (secondary N) is 1. The Kier molecular flexibility index (Phi) is 4.22. The van der Waals surface area contributed by atoms with Gasteiger partial charge in [0.2, 0.25) is 0 Å². The molecule has 112 valence electrons. The van der Waals surface area contributed by atoms with Crippen LogP contribution < -0.4 is 4.74 Å². The van der Waals surface area contributed by atoms with Gasteiger partial charge in [-0.2, -0.15) is 0 Å². The molecule has 3 rings (SSSR count). The number of hydrogen-bond acceptors (Lipinski definition) is 4. The number of para-hydroxylation sites is 1. The van der Waals surface area contributed by atoms with E-state index in [9.17, 15) is 0 Å². The molecule has 1 aliphatic rings. The van der Waals surface area contributed by atoms with Crippen molar-refractivity contribution in [2.24, 2.45) is 0 Å². The number of benzene rings is 1. The molecule has 0 aliphatic carbocycles. The number of hydrogen-bond donors (Lipinski definition) is 1. The van der Waals surface area contributed by atoms with Gasteiger partial charge in [-0.15, -0.1) is 0 Å². The summed E-state index contributed by atoms with van der Waals surface area (Å²) in [7, 11) is 3.92. The summed E-state index contributed by atoms with van der Waals surface area (Å²) in [5.74, 6) is 1.99. The fraction of sp³-hybridized carbons (Fsp3) is 0.438. The number of piperazine rings is 1. The molecule has 1 aliphatic heterocycles. The average Bonchev–Trinajstić information content (AvgIpc) is 3.02. The lowest BCUT2D eigenvalue weighted by Gasteiger charge is -2.39. The van der Waals surface area contributed by atoms with Gasteiger partial charge in [-0.3, -0.25) is 9.80 Å². The van der Waals surface area contributed by atoms with E-state index in [1.54, 1.807) is 7.11 Å². The summed E-state index contributed by atoms with van der Waals surface area (Å²) in [5, 5.41) is 0. The Balaban J connectivity index is 1.77. The zero-order valence-corrected chi connectivity index (χ0v) is 12.6. The second kappa shape index (κ2) is 6.28. The van der Waals surface area contributed by atoms with Gasteiger partial charge in [-0.1, -0.05) is 18.2 Å². The summed E-state index contributed by atoms with van der Waals surface area (Å²) >= 11 is 0. The quantitative estimate of drug-likeness (QED) is 0.932. The van der Waals surface area contributed by atoms with Gasteiger partial charge >= 0.3 is 0 Å². The van der Waals surface area contributed by atoms with E-state index in [4.69, 9.17) is 4.74 Å². The fourth-order valence-corrected chi connectivity index (χ4v) is 2.95. The molecule has 1 N–H and O–H groups in total. The molecule has 1 atom stereocenters. The van der Waals surface area contributed by atoms with Crippen LogP contribution in [0.5, 0.6) is 5.75 Å². The van der Waals surface area contributed by atoms with Gasteiger partial charge in [0.05, 0.1) is 19.7 Å². The van der Waals surface area contributed by atoms with Crippen molar-refractivity contribution in [1.29, 1.82) is 0 Å². The van der Waals surface area contributed by atoms with Crippen molar-refractivity contribution in [3.63, 3.8) is 0 Å². The van der Waals surface area contributed by atoms with Crippen LogP contribution in [-0.2, 0) is 6.54 Å². The highest BCUT2D eigenvalue weighted by molar-refractivity contribution is 5.36. The minimum Gasteiger partial charge on any atom is -0.496 e. The molecule has 21 heavy (non-hydrogen) atoms. The summed E-state index contributed by atoms with van der Waals surface area (Å²) < 4.78 is 5.52. The molecule has 2 heterocycles. The lowest BCUT2D eigenvalue weighted by atomic mass is 10.0. The second-order valence-corrected chi connectivity index (χ2v) is 5.51. The van der Waals surface area contributed by atoms with Crippen molar-refractivity contribution >= 4 is 0 Å². The topological polar surface area (TPSA) is 44.4 Å². The van der Waals surface area contributed by atoms with Crippen LogP contribution in [0.25, 0.3) is 0 Å². The zero-order valence-electron chi connectivity index (χ0n) is 12.6. The van der Waals surface area contributed by atoms with E-state index < -0.39 is 0 Å². The maximum Gasteiger partial charge on any atom is 0.123 e. The van der Waals surface area contributed by atoms with Gasteiger partial charge in [0, 0.05) is 37.6 Å². The van der Waals surface area contributed by atoms with Crippen molar-refractivity contribution in [1.82, 2.24) is 19.8 Å². The number of imidazole rings is 1. The van der Waals surface area contributed by atoms with Crippen LogP contribution in [0.4, 0.5) is 0 Å². The lowest BCUT2D eigenvalue weighted by molar-refractivity contribution is 0.0874. The standard InChI is InChI=1S/C16H22N4O/c1-19-9-10-20(12-16-17-7-8-18-16)11-14(19)13-5-3-4-6-15(13)21-2/h3-8,14H,9-12H2,1-2H3,(H,17,18)/t14-/m1/s1. The van der Waals surface area contributed by atoms with Gasteiger partial charge in [0.15, 0.2) is 0 Å². The maximum atomic E-state index is 5.52. The van der Waals surface area contributed by atoms with Crippen LogP contribution in [0.2, 0.25) is 0 Å². The first-order chi connectivity index (χ1) is 10.3. The number of likely N-dealkylation sites (N-methyl/N-ethyl adjacent to an activating group) is 1. The molecular formula is C16H22N4O. The molecule has 1 fully saturated rings. The van der Waals surface area contributed by atoms with Crippen LogP contribution >= 0.6 is 0 Å². The highest BCUT2D eigenvalue weighted by Crippen LogP contribution is 2.31. The van der Waals surface area contributed by atoms with Gasteiger partial charge in [0.1, 0.15) is 11.6 Å². The van der Waals surface area contributed by atoms with E-state index in [1.165, 1.54) is 5.56 Å². The predicted octanol–water partition coefficient (Wildman–Crippen LogP) is 1.91. The highest BCUT2D eigenvalue weighted by Gasteiger charge is 2.27. The van der Waals surface area contributed by atoms with E-state index >= 15 is 0 Å². The zero-order chi connectivity index (χ0) is 14.7. The summed E-state index contributed by atoms with van der Waals surface area (Å²) in [6.07, 6.45) is 3.69. The highest BCUT2D eigenvalue weighted by atomic mass is 16.5. The Bertz CT molecular complexity index is 569. The summed E-state index contributed by atoms with van der Waals surface area (Å²) in [6.45, 7) is 3.95. The average molecular weight is 286 g/mol. The Labute approximate surface area is 125 Å². The summed E-state index contributed by atoms with van der Waals surface area (Å²) in [5.41, 5.74) is 1.26. The molecule has 0 unspecified atom stereocenters. The molecule has 0 spiro atoms. The van der Waals surface area contributed by atoms with Crippen molar-refractivity contribution in [3.05, 3.63) is 48.0 Å². The van der Waals surface area contributed by atoms with Gasteiger partial charge in [0.25, 0.3) is 0 Å². The predicted molar refractivity (Wildman–Crippen MR) is 82.2 cm³/mol. The van der Waals surface area contributed by atoms with E-state index in [1.807, 2.05) is 24.5 Å². The maximum absolute atomic E-state index is 5.52. The van der Waals surface area contributed by atoms with E-state index in [2.05, 4.69) is 38.9 Å². The normalized spacial score (nSPS) is 20.6. The Hall–Kier alpha value is -1.85. The fourth-order valence-electron chi connectivity index (χ4n) is 2.95. The van der Waals surface area contributed by atoms with Crippen molar-refractivity contribution in [2.45, 2.75) is 12.6 Å². The summed E-state index contributed by atoms with van der Waals surface area (Å²) in [6, 6.07) is 8.65. The first-order valence-corrected chi connectivity index (χ1v) is 7.31. The number of H-pyrrole nitrogens is 1. The van der Waals surface area contributed by atoms with Crippen LogP contribution in [0.3, 0.4) is 0 Å². The van der Waals surface area contributed by atoms with E-state index in [0.29, 0.717) is 6.04 Å². The Morgan fingerprint density at radius 2 is 2.19 bits per heavy atom. The molecule has 0 radical (unpaired) electrons. The number of methoxy groups -OCH3 is 1. The third-order valence-corrected chi connectivity index (χ3v) is 4.16. The van der Waals surface area contributed by atoms with Gasteiger partial charge < -0.3 is 9.72 Å². The van der Waals surface area contributed by atoms with Crippen LogP contribution in [0, 0.1) is 0 Å². The third kappa shape index (κ3) is 3.09. The molecule has 5 nitrogen and oxygen atoms in total. The van der Waals surface area contributed by atoms with Crippen LogP contribution in [-0.4, -0.2) is 53.6 Å². The van der Waals surface area contributed by atoms with E-state index in [-0.39, 0.29) is 0 Å². The smallest absolute Gasteiger partial charge is 0.123 e. The van der Waals surface area contributed by atoms with Crippen LogP contribution in [0.1, 0.15) is 17.4 Å². The SMILES string of the molecule is COc1ccccc1[C@H]1CN(Cc2ncc[nH]2)CCN1C. The molecule has 1 saturated heterocycles. The third-order valence-electron chi connectivity index (χ3n) is 4.16. The Morgan fingerprint density at radius 3 is 2.95 bits per heavy atom. The minimum absolute atomic E-state index is 0.352. The molecule has 5 heteroatoms. The van der Waals surface area contributed by atoms with Gasteiger partial charge in [-0.05, 0) is 13.1 Å². The first kappa shape index (κ1) is 14.1. The second-order valence-electron chi connectivity index (χ2n) is 5.51. The molecule has 0 bridgehead atoms. The Morgan fingerprint density at radius 1 is 1.33 bits per heavy atom. The van der Waals surface area contributed by atoms with Gasteiger partial charge in [-0.25, -0.2) is 4.98 Å². The molecule has 1 aromatic carbocycles. The molecule has 2 aromatic rings. The first-order valence-electron chi connectivity index (χ1n) is 7.31. The number of ether oxygens (including phenoxy) is 1. The van der Waals surface area contributed by atoms with Crippen molar-refractivity contribution < 1.29 is 4.74 Å². The van der Waals surface area contributed by atoms with Crippen molar-refractivity contribution in [2.75, 3.05) is 33.8 Å². The molecular weight excluding hydrogens is 264 g/mol. The number of nitrogens with zero attached hydrogens (tertiary/aromatic N) is 3. The monoisotopic (exact) mass is 286 g/mol. The van der Waals surface area contributed by atoms with Crippen LogP contribution in [0.15, 0.2) is 36.7 Å². The largest absolute Gasteiger partial charge is 0.496 e. The molecule has 1 aromatic heterocycles. The van der Waals surface area contributed by atoms with Crippen molar-refractivity contribution in [3.8, 4) is 5.75 Å². The minimum atomic E-state index is 0.352. The number of rotatable bonds is 4.